The molecule has 1 aromatic carbocycles. The number of ether oxygens (including phenoxy) is 2. The molecule has 34 heavy (non-hydrogen) atoms. The smallest absolute Gasteiger partial charge is 0.274 e. The standard InChI is InChI=1S/C23H26N6O5/c1-14(30)15(2)33-17-9-16(22(31)26-20-5-8-28(3)27-20)10-18(11-17)34-21-13-24-19(12-25-21)23(32)29-6-4-7-29/h5,8-15,30H,4,6-7H2,1-3H3,(H,26,27,31)/t14?,15-/m0/s1. The molecule has 0 aliphatic carbocycles. The van der Waals surface area contributed by atoms with E-state index in [-0.39, 0.29) is 28.8 Å². The van der Waals surface area contributed by atoms with E-state index in [1.54, 1.807) is 54.9 Å². The Morgan fingerprint density at radius 3 is 2.47 bits per heavy atom. The Morgan fingerprint density at radius 2 is 1.88 bits per heavy atom. The van der Waals surface area contributed by atoms with E-state index in [2.05, 4.69) is 20.4 Å². The van der Waals surface area contributed by atoms with E-state index in [4.69, 9.17) is 9.47 Å². The second kappa shape index (κ2) is 9.87. The second-order valence-corrected chi connectivity index (χ2v) is 8.07. The van der Waals surface area contributed by atoms with Gasteiger partial charge in [0.2, 0.25) is 5.88 Å². The van der Waals surface area contributed by atoms with Crippen molar-refractivity contribution in [3.8, 4) is 17.4 Å². The SMILES string of the molecule is CC(O)[C@H](C)Oc1cc(Oc2cnc(C(=O)N3CCC3)cn2)cc(C(=O)Nc2ccn(C)n2)c1. The molecule has 2 atom stereocenters. The number of aromatic nitrogens is 4. The number of aryl methyl sites for hydroxylation is 1. The number of aliphatic hydroxyl groups is 1. The van der Waals surface area contributed by atoms with Crippen LogP contribution in [0.15, 0.2) is 42.9 Å². The molecule has 1 aliphatic rings. The topological polar surface area (TPSA) is 132 Å². The van der Waals surface area contributed by atoms with Crippen molar-refractivity contribution in [2.75, 3.05) is 18.4 Å². The number of hydrogen-bond donors (Lipinski definition) is 2. The molecule has 2 amide bonds. The Hall–Kier alpha value is -3.99. The Labute approximate surface area is 196 Å². The number of rotatable bonds is 8. The first-order valence-corrected chi connectivity index (χ1v) is 10.9. The lowest BCUT2D eigenvalue weighted by atomic mass is 10.1. The predicted octanol–water partition coefficient (Wildman–Crippen LogP) is 2.25. The number of hydrogen-bond acceptors (Lipinski definition) is 8. The summed E-state index contributed by atoms with van der Waals surface area (Å²) < 4.78 is 13.2. The van der Waals surface area contributed by atoms with Gasteiger partial charge in [0.15, 0.2) is 5.82 Å². The van der Waals surface area contributed by atoms with Crippen LogP contribution in [0.3, 0.4) is 0 Å². The van der Waals surface area contributed by atoms with E-state index in [1.807, 2.05) is 0 Å². The van der Waals surface area contributed by atoms with Gasteiger partial charge < -0.3 is 24.8 Å². The fourth-order valence-electron chi connectivity index (χ4n) is 3.09. The van der Waals surface area contributed by atoms with Crippen molar-refractivity contribution in [2.45, 2.75) is 32.5 Å². The van der Waals surface area contributed by atoms with Crippen LogP contribution < -0.4 is 14.8 Å². The van der Waals surface area contributed by atoms with E-state index in [0.717, 1.165) is 19.5 Å². The summed E-state index contributed by atoms with van der Waals surface area (Å²) in [4.78, 5) is 35.1. The van der Waals surface area contributed by atoms with Crippen molar-refractivity contribution in [3.63, 3.8) is 0 Å². The van der Waals surface area contributed by atoms with Crippen LogP contribution in [0.4, 0.5) is 5.82 Å². The molecule has 178 valence electrons. The van der Waals surface area contributed by atoms with Crippen LogP contribution in [-0.2, 0) is 7.05 Å². The Bertz CT molecular complexity index is 1170. The molecule has 0 spiro atoms. The van der Waals surface area contributed by atoms with E-state index < -0.39 is 18.1 Å². The second-order valence-electron chi connectivity index (χ2n) is 8.07. The van der Waals surface area contributed by atoms with Crippen LogP contribution >= 0.6 is 0 Å². The van der Waals surface area contributed by atoms with Gasteiger partial charge in [0, 0.05) is 44.0 Å². The monoisotopic (exact) mass is 466 g/mol. The quantitative estimate of drug-likeness (QED) is 0.517. The van der Waals surface area contributed by atoms with Crippen molar-refractivity contribution in [2.24, 2.45) is 7.05 Å². The molecule has 4 rings (SSSR count). The van der Waals surface area contributed by atoms with Gasteiger partial charge in [0.1, 0.15) is 23.3 Å². The lowest BCUT2D eigenvalue weighted by Gasteiger charge is -2.30. The fraction of sp³-hybridized carbons (Fsp3) is 0.348. The minimum atomic E-state index is -0.724. The molecular formula is C23H26N6O5. The Balaban J connectivity index is 1.55. The minimum absolute atomic E-state index is 0.150. The van der Waals surface area contributed by atoms with E-state index in [1.165, 1.54) is 18.5 Å². The summed E-state index contributed by atoms with van der Waals surface area (Å²) in [6.45, 7) is 4.77. The summed E-state index contributed by atoms with van der Waals surface area (Å²) in [5, 5.41) is 16.7. The zero-order valence-electron chi connectivity index (χ0n) is 19.1. The summed E-state index contributed by atoms with van der Waals surface area (Å²) in [5.74, 6) is 0.567. The van der Waals surface area contributed by atoms with Gasteiger partial charge in [-0.05, 0) is 32.4 Å². The van der Waals surface area contributed by atoms with Crippen molar-refractivity contribution < 1.29 is 24.2 Å². The zero-order chi connectivity index (χ0) is 24.2. The largest absolute Gasteiger partial charge is 0.488 e. The molecule has 3 heterocycles. The molecule has 11 nitrogen and oxygen atoms in total. The van der Waals surface area contributed by atoms with Crippen LogP contribution in [0.1, 0.15) is 41.1 Å². The van der Waals surface area contributed by atoms with Crippen LogP contribution in [0, 0.1) is 0 Å². The Kier molecular flexibility index (Phi) is 6.73. The molecule has 1 unspecified atom stereocenters. The average Bonchev–Trinajstić information content (AvgIpc) is 3.17. The van der Waals surface area contributed by atoms with Gasteiger partial charge in [0.25, 0.3) is 11.8 Å². The zero-order valence-corrected chi connectivity index (χ0v) is 19.1. The molecule has 1 fully saturated rings. The summed E-state index contributed by atoms with van der Waals surface area (Å²) in [6, 6.07) is 6.32. The number of likely N-dealkylation sites (tertiary alicyclic amines) is 1. The first-order chi connectivity index (χ1) is 16.3. The number of amides is 2. The van der Waals surface area contributed by atoms with Crippen LogP contribution in [0.2, 0.25) is 0 Å². The number of aliphatic hydroxyl groups excluding tert-OH is 1. The predicted molar refractivity (Wildman–Crippen MR) is 122 cm³/mol. The van der Waals surface area contributed by atoms with Gasteiger partial charge >= 0.3 is 0 Å². The average molecular weight is 466 g/mol. The maximum Gasteiger partial charge on any atom is 0.274 e. The van der Waals surface area contributed by atoms with Crippen LogP contribution in [0.5, 0.6) is 17.4 Å². The maximum atomic E-state index is 12.8. The molecule has 0 saturated carbocycles. The number of benzene rings is 1. The van der Waals surface area contributed by atoms with E-state index in [9.17, 15) is 14.7 Å². The summed E-state index contributed by atoms with van der Waals surface area (Å²) in [7, 11) is 1.75. The number of carbonyl (C=O) groups excluding carboxylic acids is 2. The lowest BCUT2D eigenvalue weighted by molar-refractivity contribution is 0.0602. The number of nitrogens with one attached hydrogen (secondary N) is 1. The lowest BCUT2D eigenvalue weighted by Crippen LogP contribution is -2.42. The highest BCUT2D eigenvalue weighted by Crippen LogP contribution is 2.28. The van der Waals surface area contributed by atoms with E-state index >= 15 is 0 Å². The highest BCUT2D eigenvalue weighted by molar-refractivity contribution is 6.04. The fourth-order valence-corrected chi connectivity index (χ4v) is 3.09. The van der Waals surface area contributed by atoms with Crippen molar-refractivity contribution >= 4 is 17.6 Å². The summed E-state index contributed by atoms with van der Waals surface area (Å²) in [6.07, 6.45) is 4.17. The van der Waals surface area contributed by atoms with Gasteiger partial charge in [-0.1, -0.05) is 0 Å². The third-order valence-corrected chi connectivity index (χ3v) is 5.31. The van der Waals surface area contributed by atoms with E-state index in [0.29, 0.717) is 11.6 Å². The van der Waals surface area contributed by atoms with Gasteiger partial charge in [-0.25, -0.2) is 9.97 Å². The van der Waals surface area contributed by atoms with Gasteiger partial charge in [-0.15, -0.1) is 0 Å². The van der Waals surface area contributed by atoms with Crippen molar-refractivity contribution in [1.29, 1.82) is 0 Å². The Morgan fingerprint density at radius 1 is 1.12 bits per heavy atom. The van der Waals surface area contributed by atoms with Crippen molar-refractivity contribution in [3.05, 3.63) is 54.1 Å². The van der Waals surface area contributed by atoms with Gasteiger partial charge in [0.05, 0.1) is 18.5 Å². The maximum absolute atomic E-state index is 12.8. The van der Waals surface area contributed by atoms with Gasteiger partial charge in [-0.3, -0.25) is 14.3 Å². The highest BCUT2D eigenvalue weighted by Gasteiger charge is 2.23. The highest BCUT2D eigenvalue weighted by atomic mass is 16.5. The minimum Gasteiger partial charge on any atom is -0.488 e. The number of carbonyl (C=O) groups is 2. The first-order valence-electron chi connectivity index (χ1n) is 10.9. The molecule has 1 saturated heterocycles. The normalized spacial score (nSPS) is 14.6. The molecule has 0 bridgehead atoms. The molecule has 2 aromatic heterocycles. The molecule has 2 N–H and O–H groups in total. The molecule has 11 heteroatoms. The summed E-state index contributed by atoms with van der Waals surface area (Å²) >= 11 is 0. The third-order valence-electron chi connectivity index (χ3n) is 5.31. The molecule has 1 aliphatic heterocycles. The number of anilines is 1. The third kappa shape index (κ3) is 5.49. The molecule has 3 aromatic rings. The van der Waals surface area contributed by atoms with Crippen LogP contribution in [-0.4, -0.2) is 66.9 Å². The first kappa shape index (κ1) is 23.2. The molecular weight excluding hydrogens is 440 g/mol. The van der Waals surface area contributed by atoms with Crippen LogP contribution in [0.25, 0.3) is 0 Å². The molecule has 0 radical (unpaired) electrons. The summed E-state index contributed by atoms with van der Waals surface area (Å²) in [5.41, 5.74) is 0.499. The van der Waals surface area contributed by atoms with Gasteiger partial charge in [-0.2, -0.15) is 5.10 Å². The number of nitrogens with zero attached hydrogens (tertiary/aromatic N) is 5. The van der Waals surface area contributed by atoms with Crippen molar-refractivity contribution in [1.82, 2.24) is 24.6 Å².